The Labute approximate surface area is 95.4 Å². The highest BCUT2D eigenvalue weighted by atomic mass is 16.7. The first-order valence-corrected chi connectivity index (χ1v) is 5.33. The standard InChI is InChI=1S/C10H20O6/c1-3-13-5-6-14-7-8-16-10(9(11)12)15-4-2/h10H,3-8H2,1-2H3,(H,11,12). The van der Waals surface area contributed by atoms with Crippen molar-refractivity contribution in [2.24, 2.45) is 0 Å². The van der Waals surface area contributed by atoms with E-state index in [4.69, 9.17) is 24.1 Å². The molecular formula is C10H20O6. The molecule has 0 radical (unpaired) electrons. The third kappa shape index (κ3) is 8.60. The number of carboxylic acids is 1. The Morgan fingerprint density at radius 3 is 2.19 bits per heavy atom. The fraction of sp³-hybridized carbons (Fsp3) is 0.900. The van der Waals surface area contributed by atoms with Gasteiger partial charge in [0.15, 0.2) is 0 Å². The normalized spacial score (nSPS) is 12.6. The minimum atomic E-state index is -1.21. The fourth-order valence-electron chi connectivity index (χ4n) is 0.920. The van der Waals surface area contributed by atoms with Crippen molar-refractivity contribution in [3.05, 3.63) is 0 Å². The van der Waals surface area contributed by atoms with Gasteiger partial charge in [-0.05, 0) is 13.8 Å². The van der Waals surface area contributed by atoms with Gasteiger partial charge in [-0.1, -0.05) is 0 Å². The number of rotatable bonds is 11. The molecule has 0 aliphatic rings. The minimum absolute atomic E-state index is 0.184. The number of ether oxygens (including phenoxy) is 4. The molecule has 0 spiro atoms. The molecule has 96 valence electrons. The van der Waals surface area contributed by atoms with E-state index in [0.29, 0.717) is 33.0 Å². The highest BCUT2D eigenvalue weighted by Crippen LogP contribution is 1.95. The molecule has 0 fully saturated rings. The lowest BCUT2D eigenvalue weighted by atomic mass is 10.6. The van der Waals surface area contributed by atoms with Crippen molar-refractivity contribution in [3.8, 4) is 0 Å². The third-order valence-electron chi connectivity index (χ3n) is 1.59. The molecule has 0 bridgehead atoms. The highest BCUT2D eigenvalue weighted by Gasteiger charge is 2.17. The average molecular weight is 236 g/mol. The lowest BCUT2D eigenvalue weighted by Crippen LogP contribution is -2.28. The first-order valence-electron chi connectivity index (χ1n) is 5.33. The largest absolute Gasteiger partial charge is 0.477 e. The molecule has 0 aromatic rings. The summed E-state index contributed by atoms with van der Waals surface area (Å²) in [6.07, 6.45) is -1.21. The quantitative estimate of drug-likeness (QED) is 0.416. The Kier molecular flexibility index (Phi) is 10.3. The van der Waals surface area contributed by atoms with Crippen molar-refractivity contribution in [1.82, 2.24) is 0 Å². The maximum Gasteiger partial charge on any atom is 0.361 e. The van der Waals surface area contributed by atoms with Crippen LogP contribution in [0.2, 0.25) is 0 Å². The van der Waals surface area contributed by atoms with Crippen LogP contribution in [0, 0.1) is 0 Å². The minimum Gasteiger partial charge on any atom is -0.477 e. The van der Waals surface area contributed by atoms with E-state index < -0.39 is 12.3 Å². The first-order chi connectivity index (χ1) is 7.72. The Hall–Kier alpha value is -0.690. The van der Waals surface area contributed by atoms with Crippen molar-refractivity contribution in [2.45, 2.75) is 20.1 Å². The van der Waals surface area contributed by atoms with Crippen LogP contribution in [0.25, 0.3) is 0 Å². The van der Waals surface area contributed by atoms with Crippen LogP contribution in [0.3, 0.4) is 0 Å². The molecule has 0 saturated heterocycles. The lowest BCUT2D eigenvalue weighted by molar-refractivity contribution is -0.191. The van der Waals surface area contributed by atoms with Gasteiger partial charge >= 0.3 is 5.97 Å². The monoisotopic (exact) mass is 236 g/mol. The molecule has 1 unspecified atom stereocenters. The summed E-state index contributed by atoms with van der Waals surface area (Å²) in [5.41, 5.74) is 0. The topological polar surface area (TPSA) is 74.2 Å². The molecule has 0 rings (SSSR count). The highest BCUT2D eigenvalue weighted by molar-refractivity contribution is 5.70. The summed E-state index contributed by atoms with van der Waals surface area (Å²) < 4.78 is 20.0. The second kappa shape index (κ2) is 10.8. The summed E-state index contributed by atoms with van der Waals surface area (Å²) >= 11 is 0. The summed E-state index contributed by atoms with van der Waals surface area (Å²) in [6.45, 7) is 6.08. The van der Waals surface area contributed by atoms with E-state index in [-0.39, 0.29) is 6.61 Å². The van der Waals surface area contributed by atoms with E-state index in [1.54, 1.807) is 6.92 Å². The number of carboxylic acid groups (broad SMARTS) is 1. The van der Waals surface area contributed by atoms with Crippen molar-refractivity contribution < 1.29 is 28.8 Å². The van der Waals surface area contributed by atoms with Gasteiger partial charge < -0.3 is 24.1 Å². The van der Waals surface area contributed by atoms with Gasteiger partial charge in [0.25, 0.3) is 6.29 Å². The van der Waals surface area contributed by atoms with Gasteiger partial charge in [-0.3, -0.25) is 0 Å². The third-order valence-corrected chi connectivity index (χ3v) is 1.59. The summed E-state index contributed by atoms with van der Waals surface area (Å²) in [5.74, 6) is -1.13. The van der Waals surface area contributed by atoms with E-state index in [9.17, 15) is 4.79 Å². The van der Waals surface area contributed by atoms with Gasteiger partial charge in [0, 0.05) is 13.2 Å². The number of hydrogen-bond donors (Lipinski definition) is 1. The van der Waals surface area contributed by atoms with Crippen LogP contribution in [0.15, 0.2) is 0 Å². The van der Waals surface area contributed by atoms with Gasteiger partial charge in [-0.15, -0.1) is 0 Å². The maximum atomic E-state index is 10.6. The smallest absolute Gasteiger partial charge is 0.361 e. The van der Waals surface area contributed by atoms with Crippen LogP contribution in [0.5, 0.6) is 0 Å². The van der Waals surface area contributed by atoms with E-state index in [0.717, 1.165) is 0 Å². The van der Waals surface area contributed by atoms with Crippen LogP contribution in [0.1, 0.15) is 13.8 Å². The van der Waals surface area contributed by atoms with Gasteiger partial charge in [-0.2, -0.15) is 0 Å². The first kappa shape index (κ1) is 15.3. The van der Waals surface area contributed by atoms with Gasteiger partial charge in [0.2, 0.25) is 0 Å². The average Bonchev–Trinajstić information content (AvgIpc) is 2.26. The molecule has 0 aromatic heterocycles. The molecular weight excluding hydrogens is 216 g/mol. The van der Waals surface area contributed by atoms with E-state index in [2.05, 4.69) is 0 Å². The van der Waals surface area contributed by atoms with Crippen LogP contribution in [0.4, 0.5) is 0 Å². The molecule has 16 heavy (non-hydrogen) atoms. The van der Waals surface area contributed by atoms with Crippen LogP contribution in [-0.4, -0.2) is 57.0 Å². The van der Waals surface area contributed by atoms with Crippen molar-refractivity contribution in [2.75, 3.05) is 39.6 Å². The molecule has 1 N–H and O–H groups in total. The Bertz CT molecular complexity index is 173. The lowest BCUT2D eigenvalue weighted by Gasteiger charge is -2.13. The molecule has 6 nitrogen and oxygen atoms in total. The van der Waals surface area contributed by atoms with Gasteiger partial charge in [-0.25, -0.2) is 4.79 Å². The maximum absolute atomic E-state index is 10.6. The van der Waals surface area contributed by atoms with Crippen molar-refractivity contribution >= 4 is 5.97 Å². The van der Waals surface area contributed by atoms with E-state index in [1.165, 1.54) is 0 Å². The van der Waals surface area contributed by atoms with E-state index >= 15 is 0 Å². The summed E-state index contributed by atoms with van der Waals surface area (Å²) in [4.78, 5) is 10.6. The zero-order valence-electron chi connectivity index (χ0n) is 9.81. The molecule has 0 aliphatic carbocycles. The molecule has 0 amide bonds. The van der Waals surface area contributed by atoms with Crippen molar-refractivity contribution in [3.63, 3.8) is 0 Å². The number of aliphatic carboxylic acids is 1. The zero-order valence-corrected chi connectivity index (χ0v) is 9.81. The second-order valence-electron chi connectivity index (χ2n) is 2.81. The van der Waals surface area contributed by atoms with Gasteiger partial charge in [0.05, 0.1) is 26.4 Å². The van der Waals surface area contributed by atoms with Crippen LogP contribution >= 0.6 is 0 Å². The summed E-state index contributed by atoms with van der Waals surface area (Å²) in [7, 11) is 0. The molecule has 1 atom stereocenters. The molecule has 0 heterocycles. The molecule has 0 aromatic carbocycles. The number of carbonyl (C=O) groups is 1. The zero-order chi connectivity index (χ0) is 12.2. The Morgan fingerprint density at radius 2 is 1.62 bits per heavy atom. The summed E-state index contributed by atoms with van der Waals surface area (Å²) in [5, 5.41) is 8.67. The van der Waals surface area contributed by atoms with Crippen LogP contribution < -0.4 is 0 Å². The molecule has 6 heteroatoms. The summed E-state index contributed by atoms with van der Waals surface area (Å²) in [6, 6.07) is 0. The van der Waals surface area contributed by atoms with Gasteiger partial charge in [0.1, 0.15) is 0 Å². The van der Waals surface area contributed by atoms with E-state index in [1.807, 2.05) is 6.92 Å². The SMILES string of the molecule is CCOCCOCCOC(OCC)C(=O)O. The molecule has 0 saturated carbocycles. The fourth-order valence-corrected chi connectivity index (χ4v) is 0.920. The predicted molar refractivity (Wildman–Crippen MR) is 56.3 cm³/mol. The van der Waals surface area contributed by atoms with Crippen LogP contribution in [-0.2, 0) is 23.7 Å². The Morgan fingerprint density at radius 1 is 1.00 bits per heavy atom. The number of hydrogen-bond acceptors (Lipinski definition) is 5. The molecule has 0 aliphatic heterocycles. The van der Waals surface area contributed by atoms with Crippen molar-refractivity contribution in [1.29, 1.82) is 0 Å². The second-order valence-corrected chi connectivity index (χ2v) is 2.81. The predicted octanol–water partition coefficient (Wildman–Crippen LogP) is 0.503. The Balaban J connectivity index is 3.37.